The van der Waals surface area contributed by atoms with Gasteiger partial charge in [0.25, 0.3) is 0 Å². The second kappa shape index (κ2) is 14.7. The quantitative estimate of drug-likeness (QED) is 0.153. The zero-order valence-electron chi connectivity index (χ0n) is 34.4. The highest BCUT2D eigenvalue weighted by Crippen LogP contribution is 2.52. The van der Waals surface area contributed by atoms with Crippen LogP contribution in [0.5, 0.6) is 0 Å². The van der Waals surface area contributed by atoms with Crippen molar-refractivity contribution in [3.63, 3.8) is 0 Å². The van der Waals surface area contributed by atoms with Gasteiger partial charge in [-0.1, -0.05) is 85.6 Å². The topological polar surface area (TPSA) is 32.3 Å². The van der Waals surface area contributed by atoms with Crippen LogP contribution in [0.3, 0.4) is 0 Å². The summed E-state index contributed by atoms with van der Waals surface area (Å²) in [6.45, 7) is 9.03. The van der Waals surface area contributed by atoms with E-state index in [2.05, 4.69) is 219 Å². The highest BCUT2D eigenvalue weighted by molar-refractivity contribution is 7.22. The zero-order chi connectivity index (χ0) is 41.2. The first kappa shape index (κ1) is 37.2. The summed E-state index contributed by atoms with van der Waals surface area (Å²) in [6.07, 6.45) is 0. The van der Waals surface area contributed by atoms with Crippen LogP contribution in [0, 0.1) is 13.8 Å². The average molecular weight is 823 g/mol. The molecule has 0 radical (unpaired) electrons. The molecule has 0 fully saturated rings. The van der Waals surface area contributed by atoms with Gasteiger partial charge in [-0.3, -0.25) is 0 Å². The Bertz CT molecular complexity index is 2950. The molecule has 8 aromatic carbocycles. The van der Waals surface area contributed by atoms with Crippen LogP contribution in [0.1, 0.15) is 36.1 Å². The Kier molecular flexibility index (Phi) is 8.95. The molecule has 2 aromatic heterocycles. The van der Waals surface area contributed by atoms with Gasteiger partial charge in [0.05, 0.1) is 20.4 Å². The van der Waals surface area contributed by atoms with Crippen LogP contribution in [0.25, 0.3) is 52.7 Å². The summed E-state index contributed by atoms with van der Waals surface area (Å²) in [5.74, 6) is 0. The standard InChI is InChI=1S/C55H42N4S2/c1-35-13-21-39(22-14-35)58(41-25-17-37(18-26-41)53-56-49-9-5-7-11-51(49)60-53)43-29-31-45-46-32-30-44(34-48(46)55(3,4)47(45)33-43)59(40-23-15-36(2)16-24-40)42-27-19-38(20-28-42)54-57-50-10-6-8-12-52(50)61-54/h5-34H,1-4H3. The second-order valence-corrected chi connectivity index (χ2v) is 18.6. The van der Waals surface area contributed by atoms with Crippen molar-refractivity contribution < 1.29 is 0 Å². The molecule has 1 aliphatic rings. The van der Waals surface area contributed by atoms with Crippen molar-refractivity contribution in [2.45, 2.75) is 33.1 Å². The molecule has 6 heteroatoms. The molecular formula is C55H42N4S2. The molecule has 61 heavy (non-hydrogen) atoms. The highest BCUT2D eigenvalue weighted by atomic mass is 32.1. The maximum Gasteiger partial charge on any atom is 0.124 e. The summed E-state index contributed by atoms with van der Waals surface area (Å²) < 4.78 is 2.41. The van der Waals surface area contributed by atoms with Gasteiger partial charge < -0.3 is 9.80 Å². The van der Waals surface area contributed by atoms with Crippen molar-refractivity contribution in [2.75, 3.05) is 9.80 Å². The maximum absolute atomic E-state index is 4.93. The van der Waals surface area contributed by atoms with Crippen molar-refractivity contribution in [1.29, 1.82) is 0 Å². The van der Waals surface area contributed by atoms with Crippen LogP contribution in [-0.2, 0) is 5.41 Å². The molecule has 0 bridgehead atoms. The van der Waals surface area contributed by atoms with Crippen molar-refractivity contribution in [1.82, 2.24) is 9.97 Å². The molecular weight excluding hydrogens is 781 g/mol. The number of fused-ring (bicyclic) bond motifs is 5. The van der Waals surface area contributed by atoms with Gasteiger partial charge in [-0.2, -0.15) is 0 Å². The molecule has 0 atom stereocenters. The first-order chi connectivity index (χ1) is 29.8. The lowest BCUT2D eigenvalue weighted by molar-refractivity contribution is 0.660. The summed E-state index contributed by atoms with van der Waals surface area (Å²) in [7, 11) is 0. The van der Waals surface area contributed by atoms with Crippen LogP contribution < -0.4 is 9.80 Å². The van der Waals surface area contributed by atoms with E-state index in [-0.39, 0.29) is 5.41 Å². The fourth-order valence-corrected chi connectivity index (χ4v) is 10.7. The molecule has 0 saturated carbocycles. The van der Waals surface area contributed by atoms with E-state index in [4.69, 9.17) is 9.97 Å². The van der Waals surface area contributed by atoms with Gasteiger partial charge in [0.1, 0.15) is 10.0 Å². The Hall–Kier alpha value is -6.86. The summed E-state index contributed by atoms with van der Waals surface area (Å²) in [4.78, 5) is 14.6. The van der Waals surface area contributed by atoms with E-state index in [1.807, 2.05) is 0 Å². The minimum Gasteiger partial charge on any atom is -0.310 e. The highest BCUT2D eigenvalue weighted by Gasteiger charge is 2.37. The molecule has 294 valence electrons. The molecule has 11 rings (SSSR count). The number of benzene rings is 8. The van der Waals surface area contributed by atoms with Crippen molar-refractivity contribution in [2.24, 2.45) is 0 Å². The lowest BCUT2D eigenvalue weighted by atomic mass is 9.82. The Morgan fingerprint density at radius 1 is 0.393 bits per heavy atom. The summed E-state index contributed by atoms with van der Waals surface area (Å²) in [6, 6.07) is 66.2. The van der Waals surface area contributed by atoms with Crippen LogP contribution >= 0.6 is 22.7 Å². The summed E-state index contributed by atoms with van der Waals surface area (Å²) >= 11 is 3.47. The predicted octanol–water partition coefficient (Wildman–Crippen LogP) is 16.1. The molecule has 0 aliphatic heterocycles. The van der Waals surface area contributed by atoms with Crippen LogP contribution in [0.2, 0.25) is 0 Å². The molecule has 0 saturated heterocycles. The molecule has 0 unspecified atom stereocenters. The Morgan fingerprint density at radius 2 is 0.738 bits per heavy atom. The van der Waals surface area contributed by atoms with Crippen LogP contribution in [0.4, 0.5) is 34.1 Å². The van der Waals surface area contributed by atoms with Crippen molar-refractivity contribution >= 4 is 77.2 Å². The number of hydrogen-bond donors (Lipinski definition) is 0. The normalized spacial score (nSPS) is 12.7. The van der Waals surface area contributed by atoms with Gasteiger partial charge in [0.15, 0.2) is 0 Å². The maximum atomic E-state index is 4.93. The third-order valence-corrected chi connectivity index (χ3v) is 14.2. The van der Waals surface area contributed by atoms with Crippen molar-refractivity contribution in [3.8, 4) is 32.3 Å². The molecule has 10 aromatic rings. The van der Waals surface area contributed by atoms with Crippen molar-refractivity contribution in [3.05, 3.63) is 204 Å². The van der Waals surface area contributed by atoms with E-state index in [1.54, 1.807) is 22.7 Å². The van der Waals surface area contributed by atoms with E-state index < -0.39 is 0 Å². The third-order valence-electron chi connectivity index (χ3n) is 12.1. The SMILES string of the molecule is Cc1ccc(N(c2ccc(-c3nc4ccccc4s3)cc2)c2ccc3c(c2)C(C)(C)c2cc(N(c4ccc(C)cc4)c4ccc(-c5nc6ccccc6s5)cc4)ccc2-3)cc1. The first-order valence-electron chi connectivity index (χ1n) is 20.7. The van der Waals surface area contributed by atoms with Gasteiger partial charge in [-0.25, -0.2) is 9.97 Å². The van der Waals surface area contributed by atoms with Gasteiger partial charge in [-0.15, -0.1) is 22.7 Å². The lowest BCUT2D eigenvalue weighted by Crippen LogP contribution is -2.17. The largest absolute Gasteiger partial charge is 0.310 e. The number of para-hydroxylation sites is 2. The molecule has 4 nitrogen and oxygen atoms in total. The lowest BCUT2D eigenvalue weighted by Gasteiger charge is -2.29. The van der Waals surface area contributed by atoms with Gasteiger partial charge in [-0.05, 0) is 157 Å². The molecule has 0 spiro atoms. The van der Waals surface area contributed by atoms with E-state index in [1.165, 1.54) is 42.8 Å². The molecule has 1 aliphatic carbocycles. The molecule has 0 amide bonds. The fourth-order valence-electron chi connectivity index (χ4n) is 8.77. The summed E-state index contributed by atoms with van der Waals surface area (Å²) in [5.41, 5.74) is 18.5. The third kappa shape index (κ3) is 6.60. The number of aromatic nitrogens is 2. The smallest absolute Gasteiger partial charge is 0.124 e. The van der Waals surface area contributed by atoms with Gasteiger partial charge >= 0.3 is 0 Å². The van der Waals surface area contributed by atoms with E-state index >= 15 is 0 Å². The Labute approximate surface area is 364 Å². The predicted molar refractivity (Wildman–Crippen MR) is 260 cm³/mol. The molecule has 0 N–H and O–H groups in total. The number of rotatable bonds is 8. The Morgan fingerprint density at radius 3 is 1.11 bits per heavy atom. The number of hydrogen-bond acceptors (Lipinski definition) is 6. The van der Waals surface area contributed by atoms with Crippen LogP contribution in [-0.4, -0.2) is 9.97 Å². The average Bonchev–Trinajstić information content (AvgIpc) is 3.99. The van der Waals surface area contributed by atoms with Crippen LogP contribution in [0.15, 0.2) is 182 Å². The monoisotopic (exact) mass is 822 g/mol. The molecule has 2 heterocycles. The number of nitrogens with zero attached hydrogens (tertiary/aromatic N) is 4. The van der Waals surface area contributed by atoms with E-state index in [9.17, 15) is 0 Å². The second-order valence-electron chi connectivity index (χ2n) is 16.5. The summed E-state index contributed by atoms with van der Waals surface area (Å²) in [5, 5.41) is 2.07. The van der Waals surface area contributed by atoms with E-state index in [0.717, 1.165) is 66.3 Å². The minimum absolute atomic E-state index is 0.248. The zero-order valence-corrected chi connectivity index (χ0v) is 36.1. The fraction of sp³-hybridized carbons (Fsp3) is 0.0909. The number of anilines is 6. The number of aryl methyl sites for hydroxylation is 2. The van der Waals surface area contributed by atoms with Gasteiger partial charge in [0, 0.05) is 50.7 Å². The minimum atomic E-state index is -0.248. The van der Waals surface area contributed by atoms with Gasteiger partial charge in [0.2, 0.25) is 0 Å². The first-order valence-corrected chi connectivity index (χ1v) is 22.4. The Balaban J connectivity index is 0.959. The number of thiazole rings is 2. The van der Waals surface area contributed by atoms with E-state index in [0.29, 0.717) is 0 Å².